The lowest BCUT2D eigenvalue weighted by molar-refractivity contribution is -0.140. The van der Waals surface area contributed by atoms with Crippen LogP contribution in [0.5, 0.6) is 5.75 Å². The molecule has 0 saturated heterocycles. The molecule has 0 fully saturated rings. The Morgan fingerprint density at radius 1 is 0.952 bits per heavy atom. The smallest absolute Gasteiger partial charge is 0.264 e. The Bertz CT molecular complexity index is 1440. The molecule has 8 nitrogen and oxygen atoms in total. The van der Waals surface area contributed by atoms with Crippen molar-refractivity contribution < 1.29 is 22.7 Å². The van der Waals surface area contributed by atoms with Crippen LogP contribution in [-0.4, -0.2) is 56.6 Å². The Morgan fingerprint density at radius 3 is 2.14 bits per heavy atom. The van der Waals surface area contributed by atoms with Crippen molar-refractivity contribution in [3.63, 3.8) is 0 Å². The van der Waals surface area contributed by atoms with Crippen LogP contribution >= 0.6 is 11.8 Å². The highest BCUT2D eigenvalue weighted by Gasteiger charge is 2.34. The predicted molar refractivity (Wildman–Crippen MR) is 169 cm³/mol. The molecule has 0 bridgehead atoms. The molecule has 0 spiro atoms. The number of thioether (sulfide) groups is 1. The number of anilines is 1. The van der Waals surface area contributed by atoms with Gasteiger partial charge in [-0.25, -0.2) is 8.42 Å². The van der Waals surface area contributed by atoms with Crippen molar-refractivity contribution in [3.05, 3.63) is 83.9 Å². The zero-order valence-corrected chi connectivity index (χ0v) is 26.8. The van der Waals surface area contributed by atoms with E-state index < -0.39 is 28.5 Å². The number of nitrogens with zero attached hydrogens (tertiary/aromatic N) is 2. The third-order valence-corrected chi connectivity index (χ3v) is 9.31. The molecule has 3 rings (SSSR count). The lowest BCUT2D eigenvalue weighted by Crippen LogP contribution is -2.53. The van der Waals surface area contributed by atoms with Gasteiger partial charge in [-0.05, 0) is 100 Å². The fourth-order valence-electron chi connectivity index (χ4n) is 4.55. The van der Waals surface area contributed by atoms with E-state index in [-0.39, 0.29) is 23.4 Å². The Labute approximate surface area is 254 Å². The fraction of sp³-hybridized carbons (Fsp3) is 0.375. The van der Waals surface area contributed by atoms with Gasteiger partial charge in [0.1, 0.15) is 18.3 Å². The first-order valence-electron chi connectivity index (χ1n) is 14.1. The normalized spacial score (nSPS) is 12.1. The summed E-state index contributed by atoms with van der Waals surface area (Å²) in [6, 6.07) is 19.9. The summed E-state index contributed by atoms with van der Waals surface area (Å²) >= 11 is 1.51. The summed E-state index contributed by atoms with van der Waals surface area (Å²) in [4.78, 5) is 30.0. The highest BCUT2D eigenvalue weighted by Crippen LogP contribution is 2.28. The van der Waals surface area contributed by atoms with Crippen LogP contribution in [0.1, 0.15) is 45.2 Å². The molecule has 226 valence electrons. The molecule has 0 aliphatic rings. The summed E-state index contributed by atoms with van der Waals surface area (Å²) in [6.07, 6.45) is 2.28. The minimum absolute atomic E-state index is 0.0667. The van der Waals surface area contributed by atoms with Crippen molar-refractivity contribution in [2.24, 2.45) is 0 Å². The number of nitrogens with one attached hydrogen (secondary N) is 1. The van der Waals surface area contributed by atoms with E-state index in [2.05, 4.69) is 5.32 Å². The maximum absolute atomic E-state index is 14.2. The molecule has 2 amide bonds. The number of hydrogen-bond acceptors (Lipinski definition) is 6. The number of sulfonamides is 1. The number of benzene rings is 3. The molecule has 0 aliphatic carbocycles. The summed E-state index contributed by atoms with van der Waals surface area (Å²) in [5.74, 6) is -0.174. The second-order valence-electron chi connectivity index (χ2n) is 10.1. The van der Waals surface area contributed by atoms with Gasteiger partial charge < -0.3 is 15.0 Å². The second kappa shape index (κ2) is 15.1. The largest absolute Gasteiger partial charge is 0.494 e. The first-order chi connectivity index (χ1) is 20.0. The highest BCUT2D eigenvalue weighted by atomic mass is 32.2. The number of ether oxygens (including phenoxy) is 1. The zero-order chi connectivity index (χ0) is 30.9. The van der Waals surface area contributed by atoms with Crippen LogP contribution in [0.15, 0.2) is 82.6 Å². The van der Waals surface area contributed by atoms with E-state index >= 15 is 0 Å². The Kier molecular flexibility index (Phi) is 11.9. The zero-order valence-electron chi connectivity index (χ0n) is 25.2. The number of amides is 2. The van der Waals surface area contributed by atoms with Crippen LogP contribution in [0.2, 0.25) is 0 Å². The van der Waals surface area contributed by atoms with E-state index in [1.54, 1.807) is 48.5 Å². The van der Waals surface area contributed by atoms with Crippen molar-refractivity contribution >= 4 is 39.3 Å². The topological polar surface area (TPSA) is 96.0 Å². The summed E-state index contributed by atoms with van der Waals surface area (Å²) in [5, 5.41) is 2.92. The third-order valence-electron chi connectivity index (χ3n) is 6.78. The van der Waals surface area contributed by atoms with Crippen molar-refractivity contribution in [2.45, 2.75) is 69.5 Å². The van der Waals surface area contributed by atoms with E-state index in [1.807, 2.05) is 65.1 Å². The molecule has 1 N–H and O–H groups in total. The predicted octanol–water partition coefficient (Wildman–Crippen LogP) is 5.64. The molecular weight excluding hydrogens is 571 g/mol. The van der Waals surface area contributed by atoms with Gasteiger partial charge in [0, 0.05) is 17.5 Å². The average Bonchev–Trinajstić information content (AvgIpc) is 2.97. The van der Waals surface area contributed by atoms with E-state index in [0.29, 0.717) is 24.5 Å². The summed E-state index contributed by atoms with van der Waals surface area (Å²) in [7, 11) is -4.15. The number of rotatable bonds is 14. The van der Waals surface area contributed by atoms with E-state index in [9.17, 15) is 18.0 Å². The van der Waals surface area contributed by atoms with Gasteiger partial charge in [0.25, 0.3) is 10.0 Å². The molecule has 0 unspecified atom stereocenters. The van der Waals surface area contributed by atoms with Gasteiger partial charge in [-0.3, -0.25) is 13.9 Å². The minimum atomic E-state index is -4.15. The Hall–Kier alpha value is -3.50. The monoisotopic (exact) mass is 611 g/mol. The van der Waals surface area contributed by atoms with Gasteiger partial charge in [0.15, 0.2) is 0 Å². The van der Waals surface area contributed by atoms with Crippen LogP contribution in [0.3, 0.4) is 0 Å². The molecule has 3 aromatic rings. The van der Waals surface area contributed by atoms with Crippen LogP contribution in [0.4, 0.5) is 5.69 Å². The molecule has 0 saturated carbocycles. The molecule has 1 atom stereocenters. The molecule has 0 aromatic heterocycles. The molecule has 3 aromatic carbocycles. The summed E-state index contributed by atoms with van der Waals surface area (Å²) in [5.41, 5.74) is 2.17. The van der Waals surface area contributed by atoms with Gasteiger partial charge in [0.05, 0.1) is 17.2 Å². The minimum Gasteiger partial charge on any atom is -0.494 e. The van der Waals surface area contributed by atoms with E-state index in [4.69, 9.17) is 4.74 Å². The Morgan fingerprint density at radius 2 is 1.60 bits per heavy atom. The molecule has 0 aliphatic heterocycles. The van der Waals surface area contributed by atoms with E-state index in [0.717, 1.165) is 20.3 Å². The van der Waals surface area contributed by atoms with Gasteiger partial charge in [0.2, 0.25) is 11.8 Å². The number of hydrogen-bond donors (Lipinski definition) is 1. The van der Waals surface area contributed by atoms with Crippen LogP contribution in [-0.2, 0) is 26.2 Å². The maximum atomic E-state index is 14.2. The highest BCUT2D eigenvalue weighted by molar-refractivity contribution is 7.98. The fourth-order valence-corrected chi connectivity index (χ4v) is 6.37. The van der Waals surface area contributed by atoms with Crippen molar-refractivity contribution in [3.8, 4) is 5.75 Å². The third kappa shape index (κ3) is 8.29. The first kappa shape index (κ1) is 33.0. The van der Waals surface area contributed by atoms with Crippen molar-refractivity contribution in [2.75, 3.05) is 23.7 Å². The second-order valence-corrected chi connectivity index (χ2v) is 12.9. The van der Waals surface area contributed by atoms with Crippen LogP contribution in [0, 0.1) is 6.92 Å². The standard InChI is InChI=1S/C32H41N3O5S2/c1-7-30(32(37)33-23(3)4)34(21-25-12-10-9-11-24(25)5)31(36)22-35(26-13-15-27(16-14-26)40-8-2)42(38,39)29-19-17-28(41-6)18-20-29/h9-20,23,30H,7-8,21-22H2,1-6H3,(H,33,37)/t30-/m1/s1. The average molecular weight is 612 g/mol. The summed E-state index contributed by atoms with van der Waals surface area (Å²) < 4.78 is 34.8. The van der Waals surface area contributed by atoms with Gasteiger partial charge in [-0.1, -0.05) is 31.2 Å². The summed E-state index contributed by atoms with van der Waals surface area (Å²) in [6.45, 7) is 9.52. The van der Waals surface area contributed by atoms with Crippen LogP contribution < -0.4 is 14.4 Å². The van der Waals surface area contributed by atoms with Crippen molar-refractivity contribution in [1.29, 1.82) is 0 Å². The molecule has 42 heavy (non-hydrogen) atoms. The lowest BCUT2D eigenvalue weighted by atomic mass is 10.1. The maximum Gasteiger partial charge on any atom is 0.264 e. The molecule has 10 heteroatoms. The van der Waals surface area contributed by atoms with E-state index in [1.165, 1.54) is 16.7 Å². The number of carbonyl (C=O) groups is 2. The Balaban J connectivity index is 2.08. The lowest BCUT2D eigenvalue weighted by Gasteiger charge is -2.34. The van der Waals surface area contributed by atoms with Crippen molar-refractivity contribution in [1.82, 2.24) is 10.2 Å². The molecule has 0 heterocycles. The van der Waals surface area contributed by atoms with Crippen LogP contribution in [0.25, 0.3) is 0 Å². The number of carbonyl (C=O) groups excluding carboxylic acids is 2. The molecule has 0 radical (unpaired) electrons. The molecular formula is C32H41N3O5S2. The quantitative estimate of drug-likeness (QED) is 0.237. The number of aryl methyl sites for hydroxylation is 1. The SMILES string of the molecule is CCOc1ccc(N(CC(=O)N(Cc2ccccc2C)[C@H](CC)C(=O)NC(C)C)S(=O)(=O)c2ccc(SC)cc2)cc1. The van der Waals surface area contributed by atoms with Gasteiger partial charge in [-0.2, -0.15) is 0 Å². The first-order valence-corrected chi connectivity index (χ1v) is 16.7. The van der Waals surface area contributed by atoms with Gasteiger partial charge >= 0.3 is 0 Å². The van der Waals surface area contributed by atoms with Gasteiger partial charge in [-0.15, -0.1) is 11.8 Å².